The average Bonchev–Trinajstić information content (AvgIpc) is 2.92. The molecular formula is C17H33N3O. The third-order valence-corrected chi connectivity index (χ3v) is 5.66. The van der Waals surface area contributed by atoms with Crippen LogP contribution in [0.15, 0.2) is 0 Å². The molecule has 0 aromatic carbocycles. The number of nitrogens with two attached hydrogens (primary N) is 1. The fourth-order valence-electron chi connectivity index (χ4n) is 4.34. The molecule has 1 amide bonds. The van der Waals surface area contributed by atoms with Crippen LogP contribution < -0.4 is 11.1 Å². The summed E-state index contributed by atoms with van der Waals surface area (Å²) in [5, 5.41) is 3.50. The van der Waals surface area contributed by atoms with Crippen LogP contribution in [0.1, 0.15) is 53.4 Å². The highest BCUT2D eigenvalue weighted by atomic mass is 16.1. The first kappa shape index (κ1) is 16.8. The molecule has 0 spiro atoms. The molecule has 1 aliphatic carbocycles. The molecule has 4 unspecified atom stereocenters. The van der Waals surface area contributed by atoms with Gasteiger partial charge >= 0.3 is 0 Å². The second-order valence-corrected chi connectivity index (χ2v) is 7.73. The number of carbonyl (C=O) groups excluding carboxylic acids is 1. The molecular weight excluding hydrogens is 262 g/mol. The number of primary amides is 1. The van der Waals surface area contributed by atoms with E-state index in [2.05, 4.69) is 37.9 Å². The second kappa shape index (κ2) is 6.66. The van der Waals surface area contributed by atoms with E-state index in [-0.39, 0.29) is 5.91 Å². The van der Waals surface area contributed by atoms with Crippen molar-refractivity contribution in [2.75, 3.05) is 19.6 Å². The van der Waals surface area contributed by atoms with Crippen molar-refractivity contribution in [3.8, 4) is 0 Å². The van der Waals surface area contributed by atoms with E-state index >= 15 is 0 Å². The molecule has 2 fully saturated rings. The molecule has 1 saturated carbocycles. The summed E-state index contributed by atoms with van der Waals surface area (Å²) < 4.78 is 0. The maximum absolute atomic E-state index is 12.1. The van der Waals surface area contributed by atoms with Crippen molar-refractivity contribution in [3.63, 3.8) is 0 Å². The lowest BCUT2D eigenvalue weighted by Crippen LogP contribution is -2.60. The molecule has 4 nitrogen and oxygen atoms in total. The molecule has 21 heavy (non-hydrogen) atoms. The van der Waals surface area contributed by atoms with Gasteiger partial charge in [0.05, 0.1) is 0 Å². The van der Waals surface area contributed by atoms with Crippen molar-refractivity contribution >= 4 is 5.91 Å². The predicted molar refractivity (Wildman–Crippen MR) is 86.9 cm³/mol. The Morgan fingerprint density at radius 1 is 1.33 bits per heavy atom. The van der Waals surface area contributed by atoms with E-state index in [1.54, 1.807) is 0 Å². The van der Waals surface area contributed by atoms with Crippen molar-refractivity contribution < 1.29 is 4.79 Å². The van der Waals surface area contributed by atoms with Gasteiger partial charge in [0, 0.05) is 19.1 Å². The Morgan fingerprint density at radius 2 is 1.95 bits per heavy atom. The van der Waals surface area contributed by atoms with Gasteiger partial charge in [-0.15, -0.1) is 0 Å². The van der Waals surface area contributed by atoms with Gasteiger partial charge in [0.1, 0.15) is 5.54 Å². The zero-order chi connectivity index (χ0) is 15.6. The Kier molecular flexibility index (Phi) is 5.31. The first-order valence-electron chi connectivity index (χ1n) is 8.65. The molecule has 3 N–H and O–H groups in total. The van der Waals surface area contributed by atoms with Gasteiger partial charge in [-0.25, -0.2) is 0 Å². The van der Waals surface area contributed by atoms with Crippen LogP contribution in [-0.4, -0.2) is 42.0 Å². The molecule has 1 saturated heterocycles. The highest BCUT2D eigenvalue weighted by Gasteiger charge is 2.47. The van der Waals surface area contributed by atoms with Crippen molar-refractivity contribution in [2.24, 2.45) is 23.5 Å². The minimum Gasteiger partial charge on any atom is -0.368 e. The molecule has 122 valence electrons. The van der Waals surface area contributed by atoms with Crippen LogP contribution in [0.2, 0.25) is 0 Å². The van der Waals surface area contributed by atoms with Gasteiger partial charge in [-0.05, 0) is 57.4 Å². The third kappa shape index (κ3) is 3.59. The number of likely N-dealkylation sites (tertiary alicyclic amines) is 1. The summed E-state index contributed by atoms with van der Waals surface area (Å²) in [6.45, 7) is 12.4. The van der Waals surface area contributed by atoms with Gasteiger partial charge < -0.3 is 16.0 Å². The first-order chi connectivity index (χ1) is 9.85. The van der Waals surface area contributed by atoms with E-state index in [9.17, 15) is 4.79 Å². The standard InChI is InChI=1S/C17H33N3O/c1-12(2)19-17(16(18)21)8-5-6-15(17)7-9-20-10-13(3)14(4)11-20/h12-15,19H,5-11H2,1-4H3,(H2,18,21). The van der Waals surface area contributed by atoms with Crippen LogP contribution >= 0.6 is 0 Å². The van der Waals surface area contributed by atoms with Crippen molar-refractivity contribution in [1.29, 1.82) is 0 Å². The molecule has 2 rings (SSSR count). The summed E-state index contributed by atoms with van der Waals surface area (Å²) in [6.07, 6.45) is 4.22. The van der Waals surface area contributed by atoms with Crippen molar-refractivity contribution in [3.05, 3.63) is 0 Å². The maximum Gasteiger partial charge on any atom is 0.238 e. The highest BCUT2D eigenvalue weighted by molar-refractivity contribution is 5.85. The Hall–Kier alpha value is -0.610. The maximum atomic E-state index is 12.1. The molecule has 0 aromatic heterocycles. The monoisotopic (exact) mass is 295 g/mol. The molecule has 0 bridgehead atoms. The minimum absolute atomic E-state index is 0.151. The molecule has 4 atom stereocenters. The first-order valence-corrected chi connectivity index (χ1v) is 8.65. The summed E-state index contributed by atoms with van der Waals surface area (Å²) in [7, 11) is 0. The summed E-state index contributed by atoms with van der Waals surface area (Å²) in [6, 6.07) is 0.296. The number of carbonyl (C=O) groups is 1. The topological polar surface area (TPSA) is 58.4 Å². The predicted octanol–water partition coefficient (Wildman–Crippen LogP) is 1.99. The summed E-state index contributed by atoms with van der Waals surface area (Å²) in [5.74, 6) is 1.83. The molecule has 0 radical (unpaired) electrons. The number of nitrogens with zero attached hydrogens (tertiary/aromatic N) is 1. The average molecular weight is 295 g/mol. The minimum atomic E-state index is -0.467. The van der Waals surface area contributed by atoms with Crippen LogP contribution in [0.4, 0.5) is 0 Å². The SMILES string of the molecule is CC(C)NC1(C(N)=O)CCCC1CCN1CC(C)C(C)C1. The van der Waals surface area contributed by atoms with Crippen LogP contribution in [0.5, 0.6) is 0 Å². The fraction of sp³-hybridized carbons (Fsp3) is 0.941. The Bertz CT molecular complexity index is 361. The Balaban J connectivity index is 1.96. The van der Waals surface area contributed by atoms with Crippen LogP contribution in [-0.2, 0) is 4.79 Å². The number of hydrogen-bond donors (Lipinski definition) is 2. The van der Waals surface area contributed by atoms with E-state index in [4.69, 9.17) is 5.73 Å². The lowest BCUT2D eigenvalue weighted by Gasteiger charge is -2.36. The van der Waals surface area contributed by atoms with Crippen LogP contribution in [0.3, 0.4) is 0 Å². The van der Waals surface area contributed by atoms with Gasteiger partial charge in [-0.2, -0.15) is 0 Å². The second-order valence-electron chi connectivity index (χ2n) is 7.73. The number of rotatable bonds is 6. The molecule has 0 aromatic rings. The van der Waals surface area contributed by atoms with Gasteiger partial charge in [0.15, 0.2) is 0 Å². The highest BCUT2D eigenvalue weighted by Crippen LogP contribution is 2.38. The largest absolute Gasteiger partial charge is 0.368 e. The van der Waals surface area contributed by atoms with Crippen molar-refractivity contribution in [1.82, 2.24) is 10.2 Å². The lowest BCUT2D eigenvalue weighted by atomic mass is 9.83. The van der Waals surface area contributed by atoms with E-state index < -0.39 is 5.54 Å². The van der Waals surface area contributed by atoms with Gasteiger partial charge in [0.2, 0.25) is 5.91 Å². The van der Waals surface area contributed by atoms with Crippen molar-refractivity contribution in [2.45, 2.75) is 65.0 Å². The smallest absolute Gasteiger partial charge is 0.238 e. The summed E-state index contributed by atoms with van der Waals surface area (Å²) in [4.78, 5) is 14.7. The molecule has 4 heteroatoms. The van der Waals surface area contributed by atoms with Crippen LogP contribution in [0, 0.1) is 17.8 Å². The lowest BCUT2D eigenvalue weighted by molar-refractivity contribution is -0.126. The zero-order valence-electron chi connectivity index (χ0n) is 14.2. The summed E-state index contributed by atoms with van der Waals surface area (Å²) >= 11 is 0. The zero-order valence-corrected chi connectivity index (χ0v) is 14.2. The van der Waals surface area contributed by atoms with Crippen LogP contribution in [0.25, 0.3) is 0 Å². The van der Waals surface area contributed by atoms with Gasteiger partial charge in [0.25, 0.3) is 0 Å². The van der Waals surface area contributed by atoms with E-state index in [1.807, 2.05) is 0 Å². The molecule has 2 aliphatic rings. The fourth-order valence-corrected chi connectivity index (χ4v) is 4.34. The Labute approximate surface area is 129 Å². The normalized spacial score (nSPS) is 37.5. The quantitative estimate of drug-likeness (QED) is 0.788. The summed E-state index contributed by atoms with van der Waals surface area (Å²) in [5.41, 5.74) is 5.32. The molecule has 1 aliphatic heterocycles. The van der Waals surface area contributed by atoms with E-state index in [1.165, 1.54) is 13.1 Å². The number of hydrogen-bond acceptors (Lipinski definition) is 3. The van der Waals surface area contributed by atoms with E-state index in [0.29, 0.717) is 12.0 Å². The van der Waals surface area contributed by atoms with Gasteiger partial charge in [-0.3, -0.25) is 4.79 Å². The number of amides is 1. The third-order valence-electron chi connectivity index (χ3n) is 5.66. The number of nitrogens with one attached hydrogen (secondary N) is 1. The Morgan fingerprint density at radius 3 is 2.48 bits per heavy atom. The molecule has 1 heterocycles. The van der Waals surface area contributed by atoms with Gasteiger partial charge in [-0.1, -0.05) is 20.3 Å². The van der Waals surface area contributed by atoms with E-state index in [0.717, 1.165) is 44.1 Å².